The average molecular weight is 383 g/mol. The largest absolute Gasteiger partial charge is 0.352 e. The highest BCUT2D eigenvalue weighted by atomic mass is 16.2. The summed E-state index contributed by atoms with van der Waals surface area (Å²) < 4.78 is 1.73. The van der Waals surface area contributed by atoms with Gasteiger partial charge in [0.1, 0.15) is 0 Å². The lowest BCUT2D eigenvalue weighted by molar-refractivity contribution is -0.131. The zero-order valence-electron chi connectivity index (χ0n) is 16.8. The van der Waals surface area contributed by atoms with Crippen molar-refractivity contribution in [3.05, 3.63) is 30.1 Å². The first-order valence-electron chi connectivity index (χ1n) is 10.6. The van der Waals surface area contributed by atoms with Gasteiger partial charge in [0.2, 0.25) is 5.91 Å². The number of piperazine rings is 1. The molecule has 2 aliphatic rings. The molecule has 0 N–H and O–H groups in total. The Labute approximate surface area is 166 Å². The van der Waals surface area contributed by atoms with E-state index in [2.05, 4.69) is 20.2 Å². The third-order valence-corrected chi connectivity index (χ3v) is 6.04. The fourth-order valence-corrected chi connectivity index (χ4v) is 4.30. The van der Waals surface area contributed by atoms with E-state index in [1.807, 2.05) is 36.2 Å². The van der Waals surface area contributed by atoms with Gasteiger partial charge in [-0.25, -0.2) is 4.68 Å². The van der Waals surface area contributed by atoms with E-state index in [0.717, 1.165) is 50.0 Å². The summed E-state index contributed by atoms with van der Waals surface area (Å²) in [7, 11) is 0. The van der Waals surface area contributed by atoms with Crippen LogP contribution >= 0.6 is 0 Å². The molecule has 1 amide bonds. The second kappa shape index (κ2) is 8.71. The lowest BCUT2D eigenvalue weighted by Crippen LogP contribution is -2.49. The maximum absolute atomic E-state index is 12.6. The fourth-order valence-electron chi connectivity index (χ4n) is 4.30. The first-order chi connectivity index (χ1) is 13.7. The van der Waals surface area contributed by atoms with Crippen molar-refractivity contribution < 1.29 is 4.79 Å². The molecule has 7 heteroatoms. The zero-order valence-corrected chi connectivity index (χ0v) is 16.8. The van der Waals surface area contributed by atoms with Gasteiger partial charge in [-0.15, -0.1) is 10.2 Å². The van der Waals surface area contributed by atoms with Crippen molar-refractivity contribution >= 4 is 11.7 Å². The Hall–Kier alpha value is -2.44. The molecular weight excluding hydrogens is 352 g/mol. The molecule has 2 aromatic heterocycles. The van der Waals surface area contributed by atoms with Crippen LogP contribution in [0.2, 0.25) is 0 Å². The quantitative estimate of drug-likeness (QED) is 0.795. The fraction of sp³-hybridized carbons (Fsp3) is 0.619. The minimum absolute atomic E-state index is 0.320. The number of aromatic nitrogens is 4. The predicted molar refractivity (Wildman–Crippen MR) is 108 cm³/mol. The van der Waals surface area contributed by atoms with Crippen molar-refractivity contribution in [1.82, 2.24) is 24.9 Å². The van der Waals surface area contributed by atoms with Crippen LogP contribution in [0.15, 0.2) is 24.4 Å². The van der Waals surface area contributed by atoms with Gasteiger partial charge < -0.3 is 9.80 Å². The van der Waals surface area contributed by atoms with Crippen LogP contribution in [0.3, 0.4) is 0 Å². The van der Waals surface area contributed by atoms with Gasteiger partial charge in [0, 0.05) is 38.8 Å². The van der Waals surface area contributed by atoms with Crippen LogP contribution in [0, 0.1) is 12.8 Å². The molecule has 150 valence electrons. The molecule has 0 spiro atoms. The van der Waals surface area contributed by atoms with Crippen LogP contribution < -0.4 is 4.90 Å². The van der Waals surface area contributed by atoms with Crippen LogP contribution in [-0.2, 0) is 4.79 Å². The van der Waals surface area contributed by atoms with E-state index in [0.29, 0.717) is 18.1 Å². The molecule has 1 saturated carbocycles. The van der Waals surface area contributed by atoms with E-state index in [9.17, 15) is 4.79 Å². The van der Waals surface area contributed by atoms with E-state index in [1.165, 1.54) is 32.1 Å². The minimum Gasteiger partial charge on any atom is -0.352 e. The van der Waals surface area contributed by atoms with Crippen LogP contribution in [0.1, 0.15) is 50.6 Å². The van der Waals surface area contributed by atoms with Crippen molar-refractivity contribution in [2.75, 3.05) is 31.1 Å². The molecule has 4 rings (SSSR count). The van der Waals surface area contributed by atoms with Crippen molar-refractivity contribution in [2.24, 2.45) is 5.92 Å². The summed E-state index contributed by atoms with van der Waals surface area (Å²) in [6, 6.07) is 5.87. The van der Waals surface area contributed by atoms with Crippen LogP contribution in [0.5, 0.6) is 0 Å². The second-order valence-electron chi connectivity index (χ2n) is 8.06. The van der Waals surface area contributed by atoms with E-state index >= 15 is 0 Å². The van der Waals surface area contributed by atoms with Gasteiger partial charge in [0.15, 0.2) is 11.6 Å². The highest BCUT2D eigenvalue weighted by Gasteiger charge is 2.23. The molecule has 28 heavy (non-hydrogen) atoms. The van der Waals surface area contributed by atoms with E-state index in [1.54, 1.807) is 4.68 Å². The molecule has 2 aromatic rings. The summed E-state index contributed by atoms with van der Waals surface area (Å²) in [5.74, 6) is 2.67. The van der Waals surface area contributed by atoms with Crippen LogP contribution in [0.4, 0.5) is 5.82 Å². The Kier molecular flexibility index (Phi) is 5.88. The summed E-state index contributed by atoms with van der Waals surface area (Å²) in [4.78, 5) is 16.8. The number of hydrogen-bond donors (Lipinski definition) is 0. The lowest BCUT2D eigenvalue weighted by atomic mass is 9.86. The molecule has 1 aliphatic carbocycles. The third-order valence-electron chi connectivity index (χ3n) is 6.04. The van der Waals surface area contributed by atoms with Crippen molar-refractivity contribution in [1.29, 1.82) is 0 Å². The minimum atomic E-state index is 0.320. The molecule has 0 bridgehead atoms. The molecule has 3 heterocycles. The van der Waals surface area contributed by atoms with Gasteiger partial charge in [0.05, 0.1) is 5.69 Å². The number of carbonyl (C=O) groups excluding carboxylic acids is 1. The smallest absolute Gasteiger partial charge is 0.222 e. The first-order valence-corrected chi connectivity index (χ1v) is 10.6. The number of rotatable bonds is 5. The molecular formula is C21H30N6O. The predicted octanol–water partition coefficient (Wildman–Crippen LogP) is 2.98. The van der Waals surface area contributed by atoms with Gasteiger partial charge in [-0.2, -0.15) is 5.10 Å². The Morgan fingerprint density at radius 2 is 1.71 bits per heavy atom. The molecule has 0 aromatic carbocycles. The van der Waals surface area contributed by atoms with Crippen LogP contribution in [0.25, 0.3) is 5.82 Å². The van der Waals surface area contributed by atoms with Gasteiger partial charge >= 0.3 is 0 Å². The number of anilines is 1. The normalized spacial score (nSPS) is 18.5. The number of amides is 1. The average Bonchev–Trinajstić information content (AvgIpc) is 3.19. The monoisotopic (exact) mass is 382 g/mol. The number of nitrogens with zero attached hydrogens (tertiary/aromatic N) is 6. The zero-order chi connectivity index (χ0) is 19.3. The van der Waals surface area contributed by atoms with Gasteiger partial charge in [0.25, 0.3) is 0 Å². The van der Waals surface area contributed by atoms with Crippen molar-refractivity contribution in [3.8, 4) is 5.82 Å². The summed E-state index contributed by atoms with van der Waals surface area (Å²) >= 11 is 0. The summed E-state index contributed by atoms with van der Waals surface area (Å²) in [6.07, 6.45) is 10.4. The molecule has 2 fully saturated rings. The van der Waals surface area contributed by atoms with E-state index in [4.69, 9.17) is 0 Å². The van der Waals surface area contributed by atoms with Crippen molar-refractivity contribution in [2.45, 2.75) is 51.9 Å². The lowest BCUT2D eigenvalue weighted by Gasteiger charge is -2.35. The summed E-state index contributed by atoms with van der Waals surface area (Å²) in [5, 5.41) is 13.0. The SMILES string of the molecule is Cc1ccn(-c2ccc(N3CCN(C(=O)CCC4CCCCC4)CC3)nn2)n1. The standard InChI is InChI=1S/C21H30N6O/c1-17-11-12-27(24-17)20-9-8-19(22-23-20)25-13-15-26(16-14-25)21(28)10-7-18-5-3-2-4-6-18/h8-9,11-12,18H,2-7,10,13-16H2,1H3. The maximum Gasteiger partial charge on any atom is 0.222 e. The third kappa shape index (κ3) is 4.51. The Balaban J connectivity index is 1.26. The number of carbonyl (C=O) groups is 1. The van der Waals surface area contributed by atoms with Crippen molar-refractivity contribution in [3.63, 3.8) is 0 Å². The Morgan fingerprint density at radius 1 is 1.00 bits per heavy atom. The molecule has 0 atom stereocenters. The second-order valence-corrected chi connectivity index (χ2v) is 8.06. The Bertz CT molecular complexity index is 772. The maximum atomic E-state index is 12.6. The topological polar surface area (TPSA) is 67.2 Å². The molecule has 1 aliphatic heterocycles. The summed E-state index contributed by atoms with van der Waals surface area (Å²) in [6.45, 7) is 5.11. The number of aryl methyl sites for hydroxylation is 1. The van der Waals surface area contributed by atoms with E-state index < -0.39 is 0 Å². The van der Waals surface area contributed by atoms with Gasteiger partial charge in [-0.3, -0.25) is 4.79 Å². The van der Waals surface area contributed by atoms with Gasteiger partial charge in [-0.1, -0.05) is 32.1 Å². The first kappa shape index (κ1) is 18.9. The molecule has 0 radical (unpaired) electrons. The van der Waals surface area contributed by atoms with E-state index in [-0.39, 0.29) is 0 Å². The highest BCUT2D eigenvalue weighted by Crippen LogP contribution is 2.27. The molecule has 0 unspecified atom stereocenters. The molecule has 1 saturated heterocycles. The van der Waals surface area contributed by atoms with Crippen LogP contribution in [-0.4, -0.2) is 57.0 Å². The Morgan fingerprint density at radius 3 is 2.36 bits per heavy atom. The highest BCUT2D eigenvalue weighted by molar-refractivity contribution is 5.76. The number of hydrogen-bond acceptors (Lipinski definition) is 5. The summed E-state index contributed by atoms with van der Waals surface area (Å²) in [5.41, 5.74) is 0.954. The molecule has 7 nitrogen and oxygen atoms in total. The van der Waals surface area contributed by atoms with Gasteiger partial charge in [-0.05, 0) is 37.5 Å².